The summed E-state index contributed by atoms with van der Waals surface area (Å²) in [7, 11) is -5.74. The maximum absolute atomic E-state index is 8.70. The first-order valence-electron chi connectivity index (χ1n) is 5.90. The third-order valence-electron chi connectivity index (χ3n) is 2.07. The van der Waals surface area contributed by atoms with Crippen LogP contribution in [-0.4, -0.2) is 19.6 Å². The molecule has 0 aromatic heterocycles. The van der Waals surface area contributed by atoms with Gasteiger partial charge in [-0.2, -0.15) is 0 Å². The number of rotatable bonds is 2. The molecule has 0 radical (unpaired) electrons. The fraction of sp³-hybridized carbons (Fsp3) is 0. The number of benzene rings is 2. The molecule has 0 spiro atoms. The fourth-order valence-electron chi connectivity index (χ4n) is 1.32. The van der Waals surface area contributed by atoms with Gasteiger partial charge in [0.05, 0.1) is 0 Å². The van der Waals surface area contributed by atoms with Crippen LogP contribution in [0.25, 0.3) is 12.2 Å². The highest BCUT2D eigenvalue weighted by Gasteiger charge is 1.93. The highest BCUT2D eigenvalue weighted by molar-refractivity contribution is 7.31. The fourth-order valence-corrected chi connectivity index (χ4v) is 1.32. The summed E-state index contributed by atoms with van der Waals surface area (Å²) in [5.41, 5.74) is 2.47. The molecule has 2 rings (SSSR count). The maximum atomic E-state index is 8.70. The molecule has 0 fully saturated rings. The van der Waals surface area contributed by atoms with Gasteiger partial charge in [0, 0.05) is 9.13 Å². The first-order valence-corrected chi connectivity index (χ1v) is 8.23. The molecule has 8 heteroatoms. The van der Waals surface area contributed by atoms with Crippen LogP contribution in [0.1, 0.15) is 11.1 Å². The molecule has 0 aliphatic rings. The molecule has 0 unspecified atom stereocenters. The topological polar surface area (TPSA) is 115 Å². The quantitative estimate of drug-likeness (QED) is 0.492. The summed E-state index contributed by atoms with van der Waals surface area (Å²) >= 11 is 0. The average molecular weight is 342 g/mol. The smallest absolute Gasteiger partial charge is 0.134 e. The summed E-state index contributed by atoms with van der Waals surface area (Å²) in [4.78, 5) is 28.5. The molecule has 116 valence electrons. The summed E-state index contributed by atoms with van der Waals surface area (Å²) in [5, 5.41) is 0. The second-order valence-corrected chi connectivity index (χ2v) is 4.67. The van der Waals surface area contributed by atoms with E-state index >= 15 is 0 Å². The molecule has 22 heavy (non-hydrogen) atoms. The van der Waals surface area contributed by atoms with Crippen LogP contribution in [0.4, 0.5) is 0 Å². The van der Waals surface area contributed by atoms with Crippen LogP contribution in [0.2, 0.25) is 0 Å². The highest BCUT2D eigenvalue weighted by atomic mass is 31.1. The number of hydrogen-bond acceptors (Lipinski definition) is 2. The van der Waals surface area contributed by atoms with E-state index in [1.54, 1.807) is 0 Å². The normalized spacial score (nSPS) is 9.09. The first-order chi connectivity index (χ1) is 10.4. The van der Waals surface area contributed by atoms with Crippen molar-refractivity contribution in [1.29, 1.82) is 0 Å². The first kappa shape index (κ1) is 20.2. The van der Waals surface area contributed by atoms with E-state index < -0.39 is 16.5 Å². The Morgan fingerprint density at radius 1 is 0.591 bits per heavy atom. The molecule has 2 aromatic carbocycles. The van der Waals surface area contributed by atoms with E-state index in [0.29, 0.717) is 0 Å². The molecule has 0 amide bonds. The van der Waals surface area contributed by atoms with Gasteiger partial charge in [-0.25, -0.2) is 0 Å². The van der Waals surface area contributed by atoms with Crippen LogP contribution in [0.5, 0.6) is 0 Å². The summed E-state index contributed by atoms with van der Waals surface area (Å²) in [6.07, 6.45) is 4.24. The van der Waals surface area contributed by atoms with E-state index in [1.807, 2.05) is 36.4 Å². The molecule has 0 bridgehead atoms. The zero-order valence-electron chi connectivity index (χ0n) is 11.4. The van der Waals surface area contributed by atoms with Crippen LogP contribution in [0, 0.1) is 0 Å². The van der Waals surface area contributed by atoms with E-state index in [-0.39, 0.29) is 0 Å². The molecular formula is C14H16O6P2+2. The zero-order chi connectivity index (χ0) is 16.8. The largest absolute Gasteiger partial charge is 0.692 e. The molecule has 0 saturated heterocycles. The van der Waals surface area contributed by atoms with Crippen molar-refractivity contribution in [1.82, 2.24) is 0 Å². The minimum absolute atomic E-state index is 1.23. The Morgan fingerprint density at radius 3 is 1.05 bits per heavy atom. The van der Waals surface area contributed by atoms with E-state index in [1.165, 1.54) is 11.1 Å². The predicted octanol–water partition coefficient (Wildman–Crippen LogP) is 3.11. The summed E-state index contributed by atoms with van der Waals surface area (Å²) in [5.74, 6) is 0. The van der Waals surface area contributed by atoms with Crippen molar-refractivity contribution < 1.29 is 28.7 Å². The zero-order valence-corrected chi connectivity index (χ0v) is 13.2. The van der Waals surface area contributed by atoms with Gasteiger partial charge in [-0.3, -0.25) is 0 Å². The second kappa shape index (κ2) is 12.9. The van der Waals surface area contributed by atoms with E-state index in [2.05, 4.69) is 36.4 Å². The van der Waals surface area contributed by atoms with Crippen molar-refractivity contribution in [3.05, 3.63) is 71.8 Å². The van der Waals surface area contributed by atoms with Crippen molar-refractivity contribution in [3.8, 4) is 0 Å². The third kappa shape index (κ3) is 14.6. The van der Waals surface area contributed by atoms with Gasteiger partial charge in [-0.05, 0) is 11.1 Å². The Labute approximate surface area is 129 Å². The Balaban J connectivity index is 0.000000464. The highest BCUT2D eigenvalue weighted by Crippen LogP contribution is 2.06. The lowest BCUT2D eigenvalue weighted by atomic mass is 10.1. The summed E-state index contributed by atoms with van der Waals surface area (Å²) in [6, 6.07) is 20.6. The standard InChI is InChI=1S/C14H12.2HO3P/c1-3-7-13(8-4-1)11-12-14-9-5-2-6-10-14;2*1-4(2)3/h1-12H;2*(H-,1,2,3)/p+2. The molecule has 0 heterocycles. The van der Waals surface area contributed by atoms with Gasteiger partial charge in [-0.1, -0.05) is 72.8 Å². The Kier molecular flexibility index (Phi) is 11.9. The van der Waals surface area contributed by atoms with Crippen LogP contribution in [0.15, 0.2) is 60.7 Å². The van der Waals surface area contributed by atoms with Crippen LogP contribution < -0.4 is 0 Å². The lowest BCUT2D eigenvalue weighted by Gasteiger charge is -1.92. The molecule has 0 saturated carbocycles. The van der Waals surface area contributed by atoms with E-state index in [9.17, 15) is 0 Å². The molecule has 2 aromatic rings. The van der Waals surface area contributed by atoms with Gasteiger partial charge in [-0.15, -0.1) is 19.6 Å². The minimum Gasteiger partial charge on any atom is -0.134 e. The van der Waals surface area contributed by atoms with E-state index in [4.69, 9.17) is 28.7 Å². The van der Waals surface area contributed by atoms with Crippen LogP contribution in [0.3, 0.4) is 0 Å². The van der Waals surface area contributed by atoms with Crippen molar-refractivity contribution in [2.75, 3.05) is 0 Å². The Morgan fingerprint density at radius 2 is 0.818 bits per heavy atom. The Hall–Kier alpha value is -1.78. The number of hydrogen-bond donors (Lipinski definition) is 4. The molecular weight excluding hydrogens is 326 g/mol. The van der Waals surface area contributed by atoms with Gasteiger partial charge in [0.1, 0.15) is 0 Å². The molecule has 0 aliphatic heterocycles. The summed E-state index contributed by atoms with van der Waals surface area (Å²) in [6.45, 7) is 0. The molecule has 4 N–H and O–H groups in total. The SMILES string of the molecule is C(=Cc1ccccc1)c1ccccc1.O=[P+](O)O.O=[P+](O)O. The van der Waals surface area contributed by atoms with Gasteiger partial charge >= 0.3 is 16.5 Å². The van der Waals surface area contributed by atoms with Crippen molar-refractivity contribution >= 4 is 28.7 Å². The van der Waals surface area contributed by atoms with Crippen molar-refractivity contribution in [2.45, 2.75) is 0 Å². The monoisotopic (exact) mass is 342 g/mol. The molecule has 6 nitrogen and oxygen atoms in total. The van der Waals surface area contributed by atoms with Crippen LogP contribution >= 0.6 is 16.5 Å². The average Bonchev–Trinajstić information content (AvgIpc) is 2.46. The van der Waals surface area contributed by atoms with Gasteiger partial charge in [0.2, 0.25) is 0 Å². The molecule has 0 atom stereocenters. The van der Waals surface area contributed by atoms with Gasteiger partial charge < -0.3 is 0 Å². The van der Waals surface area contributed by atoms with Crippen LogP contribution in [-0.2, 0) is 9.13 Å². The van der Waals surface area contributed by atoms with Gasteiger partial charge in [0.15, 0.2) is 0 Å². The van der Waals surface area contributed by atoms with E-state index in [0.717, 1.165) is 0 Å². The Bertz CT molecular complexity index is 525. The predicted molar refractivity (Wildman–Crippen MR) is 85.9 cm³/mol. The second-order valence-electron chi connectivity index (χ2n) is 3.66. The summed E-state index contributed by atoms with van der Waals surface area (Å²) < 4.78 is 17.4. The van der Waals surface area contributed by atoms with Crippen molar-refractivity contribution in [2.24, 2.45) is 0 Å². The lowest BCUT2D eigenvalue weighted by molar-refractivity contribution is 0.403. The third-order valence-corrected chi connectivity index (χ3v) is 2.07. The van der Waals surface area contributed by atoms with Crippen molar-refractivity contribution in [3.63, 3.8) is 0 Å². The minimum atomic E-state index is -2.87. The van der Waals surface area contributed by atoms with Gasteiger partial charge in [0.25, 0.3) is 0 Å². The maximum Gasteiger partial charge on any atom is 0.692 e. The molecule has 0 aliphatic carbocycles. The lowest BCUT2D eigenvalue weighted by Crippen LogP contribution is -1.70.